The smallest absolute Gasteiger partial charge is 0.235 e. The Hall–Kier alpha value is -4.44. The minimum absolute atomic E-state index is 0.687. The molecule has 3 heterocycles. The van der Waals surface area contributed by atoms with Gasteiger partial charge in [0.15, 0.2) is 0 Å². The third-order valence-electron chi connectivity index (χ3n) is 6.19. The van der Waals surface area contributed by atoms with Gasteiger partial charge < -0.3 is 4.57 Å². The molecule has 0 N–H and O–H groups in total. The topological polar surface area (TPSA) is 35.6 Å². The van der Waals surface area contributed by atoms with Crippen LogP contribution in [0.3, 0.4) is 0 Å². The van der Waals surface area contributed by atoms with Crippen LogP contribution in [0.2, 0.25) is 0 Å². The molecular formula is C28H18N4. The van der Waals surface area contributed by atoms with Gasteiger partial charge in [0, 0.05) is 39.6 Å². The lowest BCUT2D eigenvalue weighted by atomic mass is 10.1. The lowest BCUT2D eigenvalue weighted by molar-refractivity contribution is 1.01. The van der Waals surface area contributed by atoms with Crippen LogP contribution in [-0.4, -0.2) is 19.1 Å². The van der Waals surface area contributed by atoms with Crippen molar-refractivity contribution in [2.24, 2.45) is 0 Å². The van der Waals surface area contributed by atoms with E-state index in [1.165, 1.54) is 16.2 Å². The van der Waals surface area contributed by atoms with Crippen LogP contribution in [0, 0.1) is 0 Å². The summed E-state index contributed by atoms with van der Waals surface area (Å²) in [6, 6.07) is 33.8. The standard InChI is InChI=1S/C28H18N4/c1-2-9-21(10-3-1)31-15-14-19-16-23-22-11-5-7-13-25(22)32(27(23)17-26(19)31)28-29-18-20-8-4-6-12-24(20)30-28/h1-18H. The second kappa shape index (κ2) is 6.53. The number of rotatable bonds is 2. The SMILES string of the molecule is c1ccc(-n2ccc3cc4c5ccccc5n(-c5ncc6ccccc6n5)c4cc32)cc1. The van der Waals surface area contributed by atoms with Crippen LogP contribution in [0.5, 0.6) is 0 Å². The first-order valence-electron chi connectivity index (χ1n) is 10.7. The molecule has 4 nitrogen and oxygen atoms in total. The van der Waals surface area contributed by atoms with Gasteiger partial charge in [-0.2, -0.15) is 0 Å². The summed E-state index contributed by atoms with van der Waals surface area (Å²) >= 11 is 0. The molecule has 0 amide bonds. The van der Waals surface area contributed by atoms with Gasteiger partial charge in [-0.3, -0.25) is 4.57 Å². The van der Waals surface area contributed by atoms with E-state index in [9.17, 15) is 0 Å². The van der Waals surface area contributed by atoms with E-state index in [2.05, 4.69) is 82.1 Å². The lowest BCUT2D eigenvalue weighted by Gasteiger charge is -2.08. The maximum atomic E-state index is 4.91. The maximum Gasteiger partial charge on any atom is 0.235 e. The molecule has 32 heavy (non-hydrogen) atoms. The molecule has 4 aromatic carbocycles. The molecule has 0 saturated carbocycles. The normalized spacial score (nSPS) is 11.8. The second-order valence-electron chi connectivity index (χ2n) is 8.03. The molecule has 3 aromatic heterocycles. The van der Waals surface area contributed by atoms with E-state index >= 15 is 0 Å². The minimum atomic E-state index is 0.687. The van der Waals surface area contributed by atoms with Gasteiger partial charge in [0.2, 0.25) is 5.95 Å². The molecule has 4 heteroatoms. The van der Waals surface area contributed by atoms with E-state index in [0.29, 0.717) is 5.95 Å². The Kier molecular flexibility index (Phi) is 3.52. The number of hydrogen-bond donors (Lipinski definition) is 0. The summed E-state index contributed by atoms with van der Waals surface area (Å²) in [6.07, 6.45) is 4.04. The van der Waals surface area contributed by atoms with E-state index < -0.39 is 0 Å². The highest BCUT2D eigenvalue weighted by molar-refractivity contribution is 6.13. The molecule has 0 aliphatic heterocycles. The van der Waals surface area contributed by atoms with Gasteiger partial charge in [-0.05, 0) is 42.5 Å². The summed E-state index contributed by atoms with van der Waals surface area (Å²) in [5.74, 6) is 0.687. The zero-order chi connectivity index (χ0) is 21.1. The van der Waals surface area contributed by atoms with Gasteiger partial charge in [0.05, 0.1) is 22.1 Å². The molecule has 0 fully saturated rings. The van der Waals surface area contributed by atoms with Crippen LogP contribution in [0.15, 0.2) is 109 Å². The second-order valence-corrected chi connectivity index (χ2v) is 8.03. The largest absolute Gasteiger partial charge is 0.316 e. The van der Waals surface area contributed by atoms with Crippen LogP contribution in [0.4, 0.5) is 0 Å². The minimum Gasteiger partial charge on any atom is -0.316 e. The van der Waals surface area contributed by atoms with Gasteiger partial charge in [-0.1, -0.05) is 54.6 Å². The van der Waals surface area contributed by atoms with Crippen LogP contribution < -0.4 is 0 Å². The van der Waals surface area contributed by atoms with E-state index in [1.807, 2.05) is 36.5 Å². The van der Waals surface area contributed by atoms with Crippen molar-refractivity contribution in [1.29, 1.82) is 0 Å². The Morgan fingerprint density at radius 1 is 0.594 bits per heavy atom. The summed E-state index contributed by atoms with van der Waals surface area (Å²) in [5, 5.41) is 4.66. The third-order valence-corrected chi connectivity index (χ3v) is 6.19. The predicted molar refractivity (Wildman–Crippen MR) is 131 cm³/mol. The van der Waals surface area contributed by atoms with Crippen molar-refractivity contribution in [2.45, 2.75) is 0 Å². The van der Waals surface area contributed by atoms with E-state index in [4.69, 9.17) is 9.97 Å². The van der Waals surface area contributed by atoms with Crippen LogP contribution in [0.25, 0.3) is 55.2 Å². The Labute approximate surface area is 184 Å². The summed E-state index contributed by atoms with van der Waals surface area (Å²) < 4.78 is 4.41. The molecular weight excluding hydrogens is 392 g/mol. The maximum absolute atomic E-state index is 4.91. The van der Waals surface area contributed by atoms with Crippen molar-refractivity contribution >= 4 is 43.6 Å². The van der Waals surface area contributed by atoms with E-state index in [1.54, 1.807) is 0 Å². The van der Waals surface area contributed by atoms with Crippen molar-refractivity contribution in [3.63, 3.8) is 0 Å². The summed E-state index contributed by atoms with van der Waals surface area (Å²) in [4.78, 5) is 9.65. The van der Waals surface area contributed by atoms with Crippen LogP contribution in [0.1, 0.15) is 0 Å². The number of nitrogens with zero attached hydrogens (tertiary/aromatic N) is 4. The molecule has 0 spiro atoms. The fourth-order valence-electron chi connectivity index (χ4n) is 4.70. The fraction of sp³-hybridized carbons (Fsp3) is 0. The molecule has 0 aliphatic rings. The van der Waals surface area contributed by atoms with Crippen LogP contribution >= 0.6 is 0 Å². The molecule has 0 atom stereocenters. The number of hydrogen-bond acceptors (Lipinski definition) is 2. The average Bonchev–Trinajstić information content (AvgIpc) is 3.41. The van der Waals surface area contributed by atoms with Crippen LogP contribution in [-0.2, 0) is 0 Å². The number of fused-ring (bicyclic) bond motifs is 5. The molecule has 7 rings (SSSR count). The molecule has 0 aliphatic carbocycles. The monoisotopic (exact) mass is 410 g/mol. The lowest BCUT2D eigenvalue weighted by Crippen LogP contribution is -2.01. The van der Waals surface area contributed by atoms with Crippen molar-refractivity contribution in [3.05, 3.63) is 109 Å². The number of benzene rings is 4. The first kappa shape index (κ1) is 17.3. The molecule has 0 saturated heterocycles. The zero-order valence-corrected chi connectivity index (χ0v) is 17.2. The molecule has 0 radical (unpaired) electrons. The van der Waals surface area contributed by atoms with Crippen molar-refractivity contribution < 1.29 is 0 Å². The Morgan fingerprint density at radius 2 is 1.41 bits per heavy atom. The summed E-state index contributed by atoms with van der Waals surface area (Å²) in [6.45, 7) is 0. The highest BCUT2D eigenvalue weighted by Crippen LogP contribution is 2.35. The van der Waals surface area contributed by atoms with Crippen molar-refractivity contribution in [1.82, 2.24) is 19.1 Å². The van der Waals surface area contributed by atoms with Gasteiger partial charge in [0.25, 0.3) is 0 Å². The van der Waals surface area contributed by atoms with Crippen molar-refractivity contribution in [2.75, 3.05) is 0 Å². The molecule has 0 bridgehead atoms. The fourth-order valence-corrected chi connectivity index (χ4v) is 4.70. The Bertz CT molecular complexity index is 1770. The van der Waals surface area contributed by atoms with Gasteiger partial charge >= 0.3 is 0 Å². The first-order chi connectivity index (χ1) is 15.9. The van der Waals surface area contributed by atoms with Gasteiger partial charge in [0.1, 0.15) is 0 Å². The molecule has 150 valence electrons. The average molecular weight is 410 g/mol. The van der Waals surface area contributed by atoms with Crippen molar-refractivity contribution in [3.8, 4) is 11.6 Å². The Balaban J connectivity index is 1.59. The highest BCUT2D eigenvalue weighted by atomic mass is 15.2. The predicted octanol–water partition coefficient (Wildman–Crippen LogP) is 6.67. The number of aromatic nitrogens is 4. The molecule has 0 unspecified atom stereocenters. The molecule has 7 aromatic rings. The number of para-hydroxylation sites is 3. The quantitative estimate of drug-likeness (QED) is 0.319. The summed E-state index contributed by atoms with van der Waals surface area (Å²) in [5.41, 5.74) is 5.46. The van der Waals surface area contributed by atoms with Gasteiger partial charge in [-0.15, -0.1) is 0 Å². The third kappa shape index (κ3) is 2.44. The Morgan fingerprint density at radius 3 is 2.34 bits per heavy atom. The van der Waals surface area contributed by atoms with Gasteiger partial charge in [-0.25, -0.2) is 9.97 Å². The first-order valence-corrected chi connectivity index (χ1v) is 10.7. The highest BCUT2D eigenvalue weighted by Gasteiger charge is 2.16. The zero-order valence-electron chi connectivity index (χ0n) is 17.2. The van der Waals surface area contributed by atoms with E-state index in [0.717, 1.165) is 33.1 Å². The summed E-state index contributed by atoms with van der Waals surface area (Å²) in [7, 11) is 0. The van der Waals surface area contributed by atoms with E-state index in [-0.39, 0.29) is 0 Å².